The minimum absolute atomic E-state index is 0.233. The molecule has 22 heavy (non-hydrogen) atoms. The minimum atomic E-state index is -1.62. The van der Waals surface area contributed by atoms with Crippen LogP contribution in [0.3, 0.4) is 0 Å². The second-order valence-electron chi connectivity index (χ2n) is 5.25. The molecule has 0 aromatic heterocycles. The molecule has 0 radical (unpaired) electrons. The van der Waals surface area contributed by atoms with E-state index in [2.05, 4.69) is 29.0 Å². The van der Waals surface area contributed by atoms with Crippen molar-refractivity contribution in [1.82, 2.24) is 0 Å². The Bertz CT molecular complexity index is 486. The Morgan fingerprint density at radius 1 is 1.32 bits per heavy atom. The molecule has 0 heterocycles. The summed E-state index contributed by atoms with van der Waals surface area (Å²) in [5.41, 5.74) is -0.269. The van der Waals surface area contributed by atoms with E-state index in [0.29, 0.717) is 0 Å². The van der Waals surface area contributed by atoms with E-state index in [1.54, 1.807) is 6.07 Å². The number of nitriles is 1. The largest absolute Gasteiger partial charge is 0.469 e. The van der Waals surface area contributed by atoms with Crippen LogP contribution in [-0.4, -0.2) is 35.3 Å². The van der Waals surface area contributed by atoms with Crippen LogP contribution in [0, 0.1) is 11.3 Å². The highest BCUT2D eigenvalue weighted by Gasteiger charge is 2.30. The van der Waals surface area contributed by atoms with Crippen LogP contribution >= 0.6 is 11.8 Å². The van der Waals surface area contributed by atoms with E-state index in [1.165, 1.54) is 24.4 Å². The Morgan fingerprint density at radius 2 is 2.05 bits per heavy atom. The van der Waals surface area contributed by atoms with Crippen LogP contribution in [0.4, 0.5) is 0 Å². The monoisotopic (exact) mass is 321 g/mol. The first kappa shape index (κ1) is 18.5. The van der Waals surface area contributed by atoms with Gasteiger partial charge in [0.2, 0.25) is 0 Å². The van der Waals surface area contributed by atoms with E-state index >= 15 is 0 Å². The lowest BCUT2D eigenvalue weighted by Crippen LogP contribution is -2.33. The summed E-state index contributed by atoms with van der Waals surface area (Å²) in [5.74, 6) is 0.546. The number of carbonyl (C=O) groups is 1. The van der Waals surface area contributed by atoms with Gasteiger partial charge in [-0.2, -0.15) is 17.0 Å². The van der Waals surface area contributed by atoms with Gasteiger partial charge in [0.05, 0.1) is 19.6 Å². The first-order valence-corrected chi connectivity index (χ1v) is 8.57. The molecule has 1 aromatic rings. The van der Waals surface area contributed by atoms with Crippen molar-refractivity contribution < 1.29 is 14.6 Å². The predicted octanol–water partition coefficient (Wildman–Crippen LogP) is 2.95. The maximum Gasteiger partial charge on any atom is 0.309 e. The summed E-state index contributed by atoms with van der Waals surface area (Å²) < 4.78 is 4.49. The molecule has 0 spiro atoms. The highest BCUT2D eigenvalue weighted by molar-refractivity contribution is 7.99. The molecule has 0 aliphatic rings. The van der Waals surface area contributed by atoms with E-state index in [9.17, 15) is 9.90 Å². The van der Waals surface area contributed by atoms with E-state index in [-0.39, 0.29) is 12.2 Å². The number of hydrogen-bond acceptors (Lipinski definition) is 5. The van der Waals surface area contributed by atoms with E-state index in [0.717, 1.165) is 31.4 Å². The van der Waals surface area contributed by atoms with Crippen molar-refractivity contribution in [2.45, 2.75) is 37.7 Å². The van der Waals surface area contributed by atoms with Gasteiger partial charge >= 0.3 is 5.97 Å². The number of methoxy groups -OCH3 is 1. The number of esters is 1. The van der Waals surface area contributed by atoms with E-state index in [4.69, 9.17) is 5.26 Å². The lowest BCUT2D eigenvalue weighted by molar-refractivity contribution is -0.143. The number of unbranched alkanes of at least 4 members (excludes halogenated alkanes) is 2. The van der Waals surface area contributed by atoms with Gasteiger partial charge in [-0.3, -0.25) is 4.79 Å². The van der Waals surface area contributed by atoms with Gasteiger partial charge in [0.1, 0.15) is 0 Å². The van der Waals surface area contributed by atoms with E-state index < -0.39 is 11.6 Å². The summed E-state index contributed by atoms with van der Waals surface area (Å²) >= 11 is 1.50. The summed E-state index contributed by atoms with van der Waals surface area (Å²) in [6.07, 6.45) is 4.09. The van der Waals surface area contributed by atoms with Gasteiger partial charge in [-0.25, -0.2) is 0 Å². The zero-order valence-electron chi connectivity index (χ0n) is 13.0. The molecular weight excluding hydrogens is 298 g/mol. The second-order valence-corrected chi connectivity index (χ2v) is 6.35. The molecule has 0 aliphatic heterocycles. The smallest absolute Gasteiger partial charge is 0.309 e. The number of thioether (sulfide) groups is 1. The van der Waals surface area contributed by atoms with Crippen molar-refractivity contribution in [2.75, 3.05) is 18.6 Å². The van der Waals surface area contributed by atoms with Gasteiger partial charge < -0.3 is 9.84 Å². The molecule has 0 bridgehead atoms. The van der Waals surface area contributed by atoms with Crippen molar-refractivity contribution in [3.8, 4) is 6.07 Å². The number of hydrogen-bond donors (Lipinski definition) is 1. The quantitative estimate of drug-likeness (QED) is 0.407. The Morgan fingerprint density at radius 3 is 2.68 bits per heavy atom. The molecule has 120 valence electrons. The third-order valence-electron chi connectivity index (χ3n) is 3.31. The summed E-state index contributed by atoms with van der Waals surface area (Å²) in [4.78, 5) is 11.2. The average Bonchev–Trinajstić information content (AvgIpc) is 2.54. The number of nitrogens with zero attached hydrogens (tertiary/aromatic N) is 1. The molecule has 4 nitrogen and oxygen atoms in total. The van der Waals surface area contributed by atoms with Crippen LogP contribution in [0.5, 0.6) is 0 Å². The van der Waals surface area contributed by atoms with Crippen LogP contribution in [0.1, 0.15) is 31.2 Å². The number of aliphatic hydroxyl groups is 1. The average molecular weight is 321 g/mol. The predicted molar refractivity (Wildman–Crippen MR) is 88.5 cm³/mol. The molecular formula is C17H23NO3S. The van der Waals surface area contributed by atoms with Gasteiger partial charge in [-0.1, -0.05) is 36.8 Å². The first-order valence-electron chi connectivity index (χ1n) is 7.42. The van der Waals surface area contributed by atoms with Crippen molar-refractivity contribution >= 4 is 17.7 Å². The number of aryl methyl sites for hydroxylation is 1. The fourth-order valence-corrected chi connectivity index (χ4v) is 3.09. The minimum Gasteiger partial charge on any atom is -0.469 e. The van der Waals surface area contributed by atoms with Gasteiger partial charge in [0.25, 0.3) is 0 Å². The molecule has 1 N–H and O–H groups in total. The summed E-state index contributed by atoms with van der Waals surface area (Å²) in [5, 5.41) is 19.0. The molecule has 5 heteroatoms. The maximum atomic E-state index is 11.2. The third-order valence-corrected chi connectivity index (χ3v) is 4.57. The fourth-order valence-electron chi connectivity index (χ4n) is 2.03. The third kappa shape index (κ3) is 7.48. The summed E-state index contributed by atoms with van der Waals surface area (Å²) in [6.45, 7) is 0. The molecule has 1 atom stereocenters. The zero-order valence-corrected chi connectivity index (χ0v) is 13.8. The molecule has 1 rings (SSSR count). The normalized spacial score (nSPS) is 13.1. The van der Waals surface area contributed by atoms with Crippen molar-refractivity contribution in [2.24, 2.45) is 0 Å². The Kier molecular flexibility index (Phi) is 8.64. The number of rotatable bonds is 10. The Hall–Kier alpha value is -1.51. The molecule has 1 aromatic carbocycles. The topological polar surface area (TPSA) is 70.3 Å². The molecule has 0 aliphatic carbocycles. The fraction of sp³-hybridized carbons (Fsp3) is 0.529. The first-order chi connectivity index (χ1) is 10.6. The molecule has 1 unspecified atom stereocenters. The van der Waals surface area contributed by atoms with Crippen LogP contribution in [0.15, 0.2) is 30.3 Å². The number of ether oxygens (including phenoxy) is 1. The maximum absolute atomic E-state index is 11.2. The molecule has 0 saturated carbocycles. The number of benzene rings is 1. The standard InChI is InChI=1S/C17H23NO3S/c1-21-16(19)12-17(20,13-18)14-22-11-7-3-6-10-15-8-4-2-5-9-15/h2,4-5,8-9,20H,3,6-7,10-12,14H2,1H3. The van der Waals surface area contributed by atoms with Crippen LogP contribution in [0.25, 0.3) is 0 Å². The lowest BCUT2D eigenvalue weighted by atomic mass is 10.1. The van der Waals surface area contributed by atoms with Gasteiger partial charge in [0.15, 0.2) is 5.60 Å². The van der Waals surface area contributed by atoms with Crippen LogP contribution < -0.4 is 0 Å². The van der Waals surface area contributed by atoms with Crippen molar-refractivity contribution in [3.63, 3.8) is 0 Å². The van der Waals surface area contributed by atoms with Gasteiger partial charge in [-0.15, -0.1) is 0 Å². The number of carbonyl (C=O) groups excluding carboxylic acids is 1. The highest BCUT2D eigenvalue weighted by atomic mass is 32.2. The summed E-state index contributed by atoms with van der Waals surface area (Å²) in [7, 11) is 1.25. The Labute approximate surface area is 136 Å². The molecule has 0 fully saturated rings. The zero-order chi connectivity index (χ0) is 16.3. The van der Waals surface area contributed by atoms with Gasteiger partial charge in [-0.05, 0) is 30.6 Å². The van der Waals surface area contributed by atoms with Crippen LogP contribution in [0.2, 0.25) is 0 Å². The van der Waals surface area contributed by atoms with E-state index in [1.807, 2.05) is 6.07 Å². The van der Waals surface area contributed by atoms with Gasteiger partial charge in [0, 0.05) is 5.75 Å². The molecule has 0 saturated heterocycles. The molecule has 0 amide bonds. The second kappa shape index (κ2) is 10.3. The van der Waals surface area contributed by atoms with Crippen molar-refractivity contribution in [1.29, 1.82) is 5.26 Å². The lowest BCUT2D eigenvalue weighted by Gasteiger charge is -2.18. The highest BCUT2D eigenvalue weighted by Crippen LogP contribution is 2.19. The van der Waals surface area contributed by atoms with Crippen molar-refractivity contribution in [3.05, 3.63) is 35.9 Å². The SMILES string of the molecule is COC(=O)CC(O)(C#N)CSCCCCCc1ccccc1. The Balaban J connectivity index is 2.11. The summed E-state index contributed by atoms with van der Waals surface area (Å²) in [6, 6.07) is 12.2. The van der Waals surface area contributed by atoms with Crippen LogP contribution in [-0.2, 0) is 16.0 Å².